The number of hydrogen-bond donors (Lipinski definition) is 3. The van der Waals surface area contributed by atoms with Crippen LogP contribution < -0.4 is 5.73 Å². The second kappa shape index (κ2) is 6.91. The van der Waals surface area contributed by atoms with Gasteiger partial charge >= 0.3 is 0 Å². The van der Waals surface area contributed by atoms with E-state index < -0.39 is 17.1 Å². The summed E-state index contributed by atoms with van der Waals surface area (Å²) in [4.78, 5) is 27.1. The predicted octanol–water partition coefficient (Wildman–Crippen LogP) is 3.68. The molecule has 0 fully saturated rings. The minimum atomic E-state index is -1.67. The average Bonchev–Trinajstić information content (AvgIpc) is 2.53. The van der Waals surface area contributed by atoms with E-state index in [1.807, 2.05) is 0 Å². The zero-order chi connectivity index (χ0) is 17.2. The fourth-order valence-electron chi connectivity index (χ4n) is 2.40. The Morgan fingerprint density at radius 1 is 0.870 bits per heavy atom. The first kappa shape index (κ1) is 17.8. The normalized spacial score (nSPS) is 11.6. The van der Waals surface area contributed by atoms with E-state index in [4.69, 9.17) is 5.73 Å². The van der Waals surface area contributed by atoms with Crippen LogP contribution in [0.25, 0.3) is 0 Å². The predicted molar refractivity (Wildman–Crippen MR) is 97.8 cm³/mol. The van der Waals surface area contributed by atoms with Gasteiger partial charge in [0.25, 0.3) is 0 Å². The zero-order valence-corrected chi connectivity index (χ0v) is 14.8. The van der Waals surface area contributed by atoms with Gasteiger partial charge in [0, 0.05) is 20.9 Å². The molecule has 0 spiro atoms. The lowest BCUT2D eigenvalue weighted by Crippen LogP contribution is -2.59. The van der Waals surface area contributed by atoms with Crippen LogP contribution in [0.1, 0.15) is 34.6 Å². The highest BCUT2D eigenvalue weighted by atomic mass is 32.1. The van der Waals surface area contributed by atoms with Crippen LogP contribution in [0.3, 0.4) is 0 Å². The Balaban J connectivity index is 2.56. The van der Waals surface area contributed by atoms with Crippen LogP contribution in [0, 0.1) is 5.92 Å². The summed E-state index contributed by atoms with van der Waals surface area (Å²) >= 11 is 8.62. The van der Waals surface area contributed by atoms with E-state index in [1.165, 1.54) is 0 Å². The molecule has 0 aliphatic rings. The fraction of sp³-hybridized carbons (Fsp3) is 0.222. The van der Waals surface area contributed by atoms with Gasteiger partial charge in [0.05, 0.1) is 0 Å². The van der Waals surface area contributed by atoms with Gasteiger partial charge in [-0.15, -0.1) is 25.3 Å². The molecule has 0 bridgehead atoms. The lowest BCUT2D eigenvalue weighted by atomic mass is 9.75. The number of Topliss-reactive ketones (excluding diaryl/α,β-unsaturated/α-hetero) is 2. The standard InChI is InChI=1S/C18H19NO2S2/c1-11(2)18(19,16(20)12-7-3-5-9-14(12)22)17(21)13-8-4-6-10-15(13)23/h3-11,22-23H,19H2,1-2H3. The highest BCUT2D eigenvalue weighted by molar-refractivity contribution is 7.80. The van der Waals surface area contributed by atoms with E-state index >= 15 is 0 Å². The van der Waals surface area contributed by atoms with E-state index in [1.54, 1.807) is 62.4 Å². The molecule has 0 saturated heterocycles. The molecule has 0 atom stereocenters. The molecule has 23 heavy (non-hydrogen) atoms. The van der Waals surface area contributed by atoms with Crippen LogP contribution in [-0.4, -0.2) is 17.1 Å². The van der Waals surface area contributed by atoms with E-state index in [0.717, 1.165) is 0 Å². The molecule has 2 rings (SSSR count). The number of rotatable bonds is 5. The number of carbonyl (C=O) groups is 2. The van der Waals surface area contributed by atoms with Crippen molar-refractivity contribution in [2.45, 2.75) is 29.2 Å². The topological polar surface area (TPSA) is 60.2 Å². The smallest absolute Gasteiger partial charge is 0.192 e. The van der Waals surface area contributed by atoms with Gasteiger partial charge in [-0.3, -0.25) is 9.59 Å². The third-order valence-electron chi connectivity index (χ3n) is 3.96. The van der Waals surface area contributed by atoms with Crippen molar-refractivity contribution in [3.63, 3.8) is 0 Å². The number of carbonyl (C=O) groups excluding carboxylic acids is 2. The maximum atomic E-state index is 13.0. The van der Waals surface area contributed by atoms with Gasteiger partial charge in [-0.2, -0.15) is 0 Å². The van der Waals surface area contributed by atoms with Crippen LogP contribution in [0.5, 0.6) is 0 Å². The number of hydrogen-bond acceptors (Lipinski definition) is 5. The highest BCUT2D eigenvalue weighted by Crippen LogP contribution is 2.29. The molecule has 0 aromatic heterocycles. The molecule has 0 heterocycles. The average molecular weight is 345 g/mol. The Morgan fingerprint density at radius 3 is 1.52 bits per heavy atom. The van der Waals surface area contributed by atoms with Crippen molar-refractivity contribution < 1.29 is 9.59 Å². The molecular formula is C18H19NO2S2. The van der Waals surface area contributed by atoms with Gasteiger partial charge < -0.3 is 5.73 Å². The number of benzene rings is 2. The third kappa shape index (κ3) is 3.22. The lowest BCUT2D eigenvalue weighted by molar-refractivity contribution is 0.0714. The molecule has 2 aromatic rings. The lowest BCUT2D eigenvalue weighted by Gasteiger charge is -2.31. The number of thiol groups is 2. The number of ketones is 2. The minimum absolute atomic E-state index is 0.344. The molecule has 5 heteroatoms. The van der Waals surface area contributed by atoms with Crippen LogP contribution in [0.15, 0.2) is 58.3 Å². The van der Waals surface area contributed by atoms with Crippen molar-refractivity contribution >= 4 is 36.8 Å². The maximum absolute atomic E-state index is 13.0. The van der Waals surface area contributed by atoms with E-state index in [0.29, 0.717) is 20.9 Å². The molecular weight excluding hydrogens is 326 g/mol. The monoisotopic (exact) mass is 345 g/mol. The quantitative estimate of drug-likeness (QED) is 0.440. The summed E-state index contributed by atoms with van der Waals surface area (Å²) in [5.41, 5.74) is 5.38. The zero-order valence-electron chi connectivity index (χ0n) is 13.0. The second-order valence-corrected chi connectivity index (χ2v) is 6.68. The van der Waals surface area contributed by atoms with Crippen molar-refractivity contribution in [2.24, 2.45) is 11.7 Å². The third-order valence-corrected chi connectivity index (χ3v) is 4.74. The molecule has 3 nitrogen and oxygen atoms in total. The van der Waals surface area contributed by atoms with Gasteiger partial charge in [-0.25, -0.2) is 0 Å². The Morgan fingerprint density at radius 2 is 1.22 bits per heavy atom. The second-order valence-electron chi connectivity index (χ2n) is 5.72. The maximum Gasteiger partial charge on any atom is 0.192 e. The van der Waals surface area contributed by atoms with E-state index in [2.05, 4.69) is 25.3 Å². The molecule has 0 aliphatic heterocycles. The molecule has 120 valence electrons. The molecule has 0 unspecified atom stereocenters. The Bertz CT molecular complexity index is 699. The van der Waals surface area contributed by atoms with E-state index in [9.17, 15) is 9.59 Å². The minimum Gasteiger partial charge on any atom is -0.312 e. The molecule has 0 saturated carbocycles. The summed E-state index contributed by atoms with van der Waals surface area (Å²) < 4.78 is 0. The fourth-order valence-corrected chi connectivity index (χ4v) is 2.93. The molecule has 2 N–H and O–H groups in total. The van der Waals surface area contributed by atoms with Gasteiger partial charge in [0.2, 0.25) is 0 Å². The summed E-state index contributed by atoms with van der Waals surface area (Å²) in [6.07, 6.45) is 0. The summed E-state index contributed by atoms with van der Waals surface area (Å²) in [6, 6.07) is 13.7. The van der Waals surface area contributed by atoms with Gasteiger partial charge in [-0.1, -0.05) is 50.2 Å². The van der Waals surface area contributed by atoms with Crippen molar-refractivity contribution in [1.82, 2.24) is 0 Å². The van der Waals surface area contributed by atoms with E-state index in [-0.39, 0.29) is 5.92 Å². The Hall–Kier alpha value is -1.56. The Labute approximate surface area is 147 Å². The first-order valence-electron chi connectivity index (χ1n) is 7.24. The molecule has 0 radical (unpaired) electrons. The first-order valence-corrected chi connectivity index (χ1v) is 8.14. The first-order chi connectivity index (χ1) is 10.8. The summed E-state index contributed by atoms with van der Waals surface area (Å²) in [6.45, 7) is 3.52. The van der Waals surface area contributed by atoms with Crippen LogP contribution in [0.4, 0.5) is 0 Å². The molecule has 0 aliphatic carbocycles. The highest BCUT2D eigenvalue weighted by Gasteiger charge is 2.46. The summed E-state index contributed by atoms with van der Waals surface area (Å²) in [7, 11) is 0. The van der Waals surface area contributed by atoms with Crippen molar-refractivity contribution in [3.8, 4) is 0 Å². The number of nitrogens with two attached hydrogens (primary N) is 1. The van der Waals surface area contributed by atoms with Crippen LogP contribution in [0.2, 0.25) is 0 Å². The summed E-state index contributed by atoms with van der Waals surface area (Å²) in [5.74, 6) is -1.25. The molecule has 0 amide bonds. The molecule has 2 aromatic carbocycles. The summed E-state index contributed by atoms with van der Waals surface area (Å²) in [5, 5.41) is 0. The van der Waals surface area contributed by atoms with Crippen molar-refractivity contribution in [1.29, 1.82) is 0 Å². The van der Waals surface area contributed by atoms with Crippen LogP contribution in [-0.2, 0) is 0 Å². The van der Waals surface area contributed by atoms with Gasteiger partial charge in [0.1, 0.15) is 5.54 Å². The Kier molecular flexibility index (Phi) is 5.34. The van der Waals surface area contributed by atoms with Crippen LogP contribution >= 0.6 is 25.3 Å². The van der Waals surface area contributed by atoms with Crippen molar-refractivity contribution in [3.05, 3.63) is 59.7 Å². The van der Waals surface area contributed by atoms with Gasteiger partial charge in [0.15, 0.2) is 11.6 Å². The van der Waals surface area contributed by atoms with Crippen molar-refractivity contribution in [2.75, 3.05) is 0 Å². The van der Waals surface area contributed by atoms with Gasteiger partial charge in [-0.05, 0) is 18.1 Å². The largest absolute Gasteiger partial charge is 0.312 e. The SMILES string of the molecule is CC(C)C(N)(C(=O)c1ccccc1S)C(=O)c1ccccc1S.